The molecular weight excluding hydrogens is 500 g/mol. The molecule has 2 unspecified atom stereocenters. The van der Waals surface area contributed by atoms with Crippen molar-refractivity contribution in [1.29, 1.82) is 0 Å². The minimum absolute atomic E-state index is 0.0784. The molecule has 0 bridgehead atoms. The summed E-state index contributed by atoms with van der Waals surface area (Å²) < 4.78 is 10.9. The van der Waals surface area contributed by atoms with Gasteiger partial charge in [0.25, 0.3) is 0 Å². The van der Waals surface area contributed by atoms with Crippen LogP contribution in [0.3, 0.4) is 0 Å². The molecule has 198 valence electrons. The molecule has 0 saturated carbocycles. The van der Waals surface area contributed by atoms with Gasteiger partial charge in [-0.3, -0.25) is 4.79 Å². The first-order valence-electron chi connectivity index (χ1n) is 12.2. The van der Waals surface area contributed by atoms with Crippen LogP contribution >= 0.6 is 0 Å². The molecule has 0 radical (unpaired) electrons. The monoisotopic (exact) mass is 526 g/mol. The zero-order chi connectivity index (χ0) is 27.5. The lowest BCUT2D eigenvalue weighted by molar-refractivity contribution is -0.137. The van der Waals surface area contributed by atoms with Gasteiger partial charge in [-0.05, 0) is 71.5 Å². The Kier molecular flexibility index (Phi) is 6.96. The quantitative estimate of drug-likeness (QED) is 0.111. The fourth-order valence-corrected chi connectivity index (χ4v) is 4.63. The third kappa shape index (κ3) is 5.57. The topological polar surface area (TPSA) is 155 Å². The Morgan fingerprint density at radius 1 is 0.615 bits per heavy atom. The molecule has 6 N–H and O–H groups in total. The zero-order valence-corrected chi connectivity index (χ0v) is 20.7. The second-order valence-electron chi connectivity index (χ2n) is 9.27. The highest BCUT2D eigenvalue weighted by Crippen LogP contribution is 2.37. The highest BCUT2D eigenvalue weighted by atomic mass is 16.5. The van der Waals surface area contributed by atoms with Crippen LogP contribution in [0, 0.1) is 0 Å². The van der Waals surface area contributed by atoms with Gasteiger partial charge < -0.3 is 35.7 Å². The number of benzene rings is 4. The van der Waals surface area contributed by atoms with E-state index in [4.69, 9.17) is 15.3 Å². The van der Waals surface area contributed by atoms with Crippen LogP contribution < -0.4 is 15.3 Å². The number of carbonyl (C=O) groups is 1. The van der Waals surface area contributed by atoms with Crippen molar-refractivity contribution in [3.05, 3.63) is 107 Å². The Bertz CT molecular complexity index is 1530. The van der Waals surface area contributed by atoms with Crippen molar-refractivity contribution in [1.82, 2.24) is 0 Å². The van der Waals surface area contributed by atoms with E-state index in [-0.39, 0.29) is 40.8 Å². The Morgan fingerprint density at radius 3 is 1.56 bits per heavy atom. The van der Waals surface area contributed by atoms with Gasteiger partial charge in [-0.2, -0.15) is 0 Å². The molecule has 0 spiro atoms. The highest BCUT2D eigenvalue weighted by molar-refractivity contribution is 5.88. The minimum atomic E-state index is -0.377. The van der Waals surface area contributed by atoms with Gasteiger partial charge in [0.15, 0.2) is 0 Å². The molecule has 4 aromatic rings. The van der Waals surface area contributed by atoms with E-state index in [9.17, 15) is 25.2 Å². The van der Waals surface area contributed by atoms with Crippen LogP contribution in [0.4, 0.5) is 0 Å². The van der Waals surface area contributed by atoms with Gasteiger partial charge in [0.05, 0.1) is 11.8 Å². The average Bonchev–Trinajstić information content (AvgIpc) is 2.93. The standard InChI is InChI=1S/C15H14N2O3.C15H12O4/c16-17-15-13(9-1-4-11(18)5-2-9)7-10-3-6-12(19)8-14(10)20-15;16-11-4-1-9(2-5-11)13-7-10-3-6-12(17)8-14(10)19-15(13)18/h1-6,8,13,18-19H,7,16H2;1-6,8,13,16-17H,7H2. The zero-order valence-electron chi connectivity index (χ0n) is 20.7. The Balaban J connectivity index is 0.000000158. The number of hydrazone groups is 1. The van der Waals surface area contributed by atoms with Crippen molar-refractivity contribution in [3.8, 4) is 34.5 Å². The highest BCUT2D eigenvalue weighted by Gasteiger charge is 2.30. The molecule has 0 aromatic heterocycles. The molecule has 0 aliphatic carbocycles. The van der Waals surface area contributed by atoms with Crippen LogP contribution in [-0.4, -0.2) is 32.3 Å². The van der Waals surface area contributed by atoms with E-state index in [1.165, 1.54) is 6.07 Å². The molecule has 4 aromatic carbocycles. The summed E-state index contributed by atoms with van der Waals surface area (Å²) in [6.07, 6.45) is 1.20. The largest absolute Gasteiger partial charge is 0.508 e. The third-order valence-corrected chi connectivity index (χ3v) is 6.68. The van der Waals surface area contributed by atoms with Crippen LogP contribution in [0.15, 0.2) is 90.0 Å². The van der Waals surface area contributed by atoms with E-state index in [0.29, 0.717) is 30.2 Å². The van der Waals surface area contributed by atoms with Crippen molar-refractivity contribution in [2.24, 2.45) is 10.9 Å². The molecule has 0 amide bonds. The predicted octanol–water partition coefficient (Wildman–Crippen LogP) is 4.43. The minimum Gasteiger partial charge on any atom is -0.508 e. The molecular formula is C30H26N2O7. The van der Waals surface area contributed by atoms with Gasteiger partial charge in [0.2, 0.25) is 5.90 Å². The number of ether oxygens (including phenoxy) is 2. The number of rotatable bonds is 2. The average molecular weight is 527 g/mol. The fraction of sp³-hybridized carbons (Fsp3) is 0.133. The van der Waals surface area contributed by atoms with E-state index in [1.54, 1.807) is 60.7 Å². The van der Waals surface area contributed by atoms with Crippen LogP contribution in [0.25, 0.3) is 0 Å². The molecule has 0 saturated heterocycles. The lowest BCUT2D eigenvalue weighted by Crippen LogP contribution is -2.27. The molecule has 2 aliphatic heterocycles. The number of esters is 1. The normalized spacial score (nSPS) is 18.6. The number of phenols is 4. The summed E-state index contributed by atoms with van der Waals surface area (Å²) in [6, 6.07) is 23.2. The maximum absolute atomic E-state index is 12.0. The summed E-state index contributed by atoms with van der Waals surface area (Å²) in [5.74, 6) is 6.57. The van der Waals surface area contributed by atoms with Gasteiger partial charge in [-0.15, -0.1) is 5.10 Å². The van der Waals surface area contributed by atoms with Crippen molar-refractivity contribution >= 4 is 11.9 Å². The summed E-state index contributed by atoms with van der Waals surface area (Å²) in [4.78, 5) is 12.0. The SMILES string of the molecule is NN=C1Oc2cc(O)ccc2CC1c1ccc(O)cc1.O=C1Oc2cc(O)ccc2CC1c1ccc(O)cc1. The number of nitrogens with two attached hydrogens (primary N) is 1. The van der Waals surface area contributed by atoms with Crippen molar-refractivity contribution in [3.63, 3.8) is 0 Å². The Labute approximate surface area is 224 Å². The van der Waals surface area contributed by atoms with Gasteiger partial charge in [-0.1, -0.05) is 36.4 Å². The van der Waals surface area contributed by atoms with E-state index in [1.807, 2.05) is 18.2 Å². The molecule has 9 nitrogen and oxygen atoms in total. The molecule has 2 aliphatic rings. The van der Waals surface area contributed by atoms with Gasteiger partial charge in [0, 0.05) is 12.1 Å². The number of nitrogens with zero attached hydrogens (tertiary/aromatic N) is 1. The van der Waals surface area contributed by atoms with Gasteiger partial charge in [0.1, 0.15) is 34.5 Å². The summed E-state index contributed by atoms with van der Waals surface area (Å²) >= 11 is 0. The van der Waals surface area contributed by atoms with E-state index in [0.717, 1.165) is 22.3 Å². The smallest absolute Gasteiger partial charge is 0.319 e. The number of carbonyl (C=O) groups excluding carboxylic acids is 1. The van der Waals surface area contributed by atoms with Crippen LogP contribution in [0.5, 0.6) is 34.5 Å². The third-order valence-electron chi connectivity index (χ3n) is 6.68. The maximum Gasteiger partial charge on any atom is 0.319 e. The second kappa shape index (κ2) is 10.7. The summed E-state index contributed by atoms with van der Waals surface area (Å²) in [5, 5.41) is 41.2. The second-order valence-corrected chi connectivity index (χ2v) is 9.27. The summed E-state index contributed by atoms with van der Waals surface area (Å²) in [5.41, 5.74) is 3.64. The van der Waals surface area contributed by atoms with Crippen LogP contribution in [0.1, 0.15) is 34.1 Å². The molecule has 6 rings (SSSR count). The van der Waals surface area contributed by atoms with Gasteiger partial charge >= 0.3 is 5.97 Å². The molecule has 0 fully saturated rings. The molecule has 2 atom stereocenters. The predicted molar refractivity (Wildman–Crippen MR) is 143 cm³/mol. The molecule has 2 heterocycles. The number of fused-ring (bicyclic) bond motifs is 2. The number of hydrogen-bond acceptors (Lipinski definition) is 9. The number of phenolic OH excluding ortho intramolecular Hbond substituents is 4. The number of hydrogen-bond donors (Lipinski definition) is 5. The maximum atomic E-state index is 12.0. The first kappa shape index (κ1) is 25.5. The fourth-order valence-electron chi connectivity index (χ4n) is 4.63. The first-order valence-corrected chi connectivity index (χ1v) is 12.2. The van der Waals surface area contributed by atoms with E-state index >= 15 is 0 Å². The van der Waals surface area contributed by atoms with E-state index < -0.39 is 0 Å². The lowest BCUT2D eigenvalue weighted by Gasteiger charge is -2.26. The van der Waals surface area contributed by atoms with Crippen molar-refractivity contribution in [2.45, 2.75) is 24.7 Å². The Hall–Kier alpha value is -5.18. The summed E-state index contributed by atoms with van der Waals surface area (Å²) in [6.45, 7) is 0. The van der Waals surface area contributed by atoms with Crippen molar-refractivity contribution in [2.75, 3.05) is 0 Å². The van der Waals surface area contributed by atoms with E-state index in [2.05, 4.69) is 5.10 Å². The van der Waals surface area contributed by atoms with Crippen LogP contribution in [0.2, 0.25) is 0 Å². The van der Waals surface area contributed by atoms with Crippen molar-refractivity contribution < 1.29 is 34.7 Å². The summed E-state index contributed by atoms with van der Waals surface area (Å²) in [7, 11) is 0. The van der Waals surface area contributed by atoms with Gasteiger partial charge in [-0.25, -0.2) is 0 Å². The molecule has 39 heavy (non-hydrogen) atoms. The number of aromatic hydroxyl groups is 4. The first-order chi connectivity index (χ1) is 18.8. The van der Waals surface area contributed by atoms with Crippen LogP contribution in [-0.2, 0) is 17.6 Å². The Morgan fingerprint density at radius 2 is 1.05 bits per heavy atom. The molecule has 9 heteroatoms. The lowest BCUT2D eigenvalue weighted by atomic mass is 9.89.